The first-order chi connectivity index (χ1) is 9.22. The maximum absolute atomic E-state index is 12.1. The molecule has 0 saturated heterocycles. The number of nitrogens with one attached hydrogen (secondary N) is 2. The fourth-order valence-electron chi connectivity index (χ4n) is 1.89. The van der Waals surface area contributed by atoms with Crippen LogP contribution < -0.4 is 10.7 Å². The van der Waals surface area contributed by atoms with Crippen LogP contribution >= 0.6 is 11.3 Å². The van der Waals surface area contributed by atoms with Crippen LogP contribution in [-0.4, -0.2) is 10.9 Å². The van der Waals surface area contributed by atoms with E-state index >= 15 is 0 Å². The van der Waals surface area contributed by atoms with Gasteiger partial charge in [-0.3, -0.25) is 9.59 Å². The van der Waals surface area contributed by atoms with Crippen molar-refractivity contribution in [2.45, 2.75) is 25.8 Å². The van der Waals surface area contributed by atoms with Gasteiger partial charge in [0.15, 0.2) is 5.43 Å². The number of pyridine rings is 1. The second-order valence-corrected chi connectivity index (χ2v) is 5.23. The summed E-state index contributed by atoms with van der Waals surface area (Å²) in [5.41, 5.74) is -0.113. The van der Waals surface area contributed by atoms with Crippen LogP contribution in [0.2, 0.25) is 0 Å². The van der Waals surface area contributed by atoms with Crippen LogP contribution in [0.5, 0.6) is 0 Å². The highest BCUT2D eigenvalue weighted by Gasteiger charge is 2.17. The Morgan fingerprint density at radius 1 is 1.47 bits per heavy atom. The number of aromatic amines is 1. The van der Waals surface area contributed by atoms with Crippen molar-refractivity contribution in [2.75, 3.05) is 0 Å². The largest absolute Gasteiger partial charge is 0.367 e. The second kappa shape index (κ2) is 6.33. The van der Waals surface area contributed by atoms with E-state index in [1.807, 2.05) is 17.5 Å². The van der Waals surface area contributed by atoms with E-state index in [2.05, 4.69) is 17.2 Å². The number of hydrogen-bond donors (Lipinski definition) is 2. The third kappa shape index (κ3) is 3.32. The van der Waals surface area contributed by atoms with Crippen molar-refractivity contribution in [3.8, 4) is 0 Å². The SMILES string of the molecule is CCCC(NC(=O)c1c[nH]ccc1=O)c1cccs1. The molecule has 0 radical (unpaired) electrons. The summed E-state index contributed by atoms with van der Waals surface area (Å²) in [6, 6.07) is 5.29. The highest BCUT2D eigenvalue weighted by atomic mass is 32.1. The number of H-pyrrole nitrogens is 1. The quantitative estimate of drug-likeness (QED) is 0.882. The van der Waals surface area contributed by atoms with Crippen molar-refractivity contribution < 1.29 is 4.79 Å². The van der Waals surface area contributed by atoms with E-state index < -0.39 is 0 Å². The predicted octanol–water partition coefficient (Wildman–Crippen LogP) is 2.71. The summed E-state index contributed by atoms with van der Waals surface area (Å²) in [7, 11) is 0. The predicted molar refractivity (Wildman–Crippen MR) is 76.5 cm³/mol. The molecule has 100 valence electrons. The van der Waals surface area contributed by atoms with Gasteiger partial charge in [0.2, 0.25) is 0 Å². The van der Waals surface area contributed by atoms with Gasteiger partial charge in [-0.25, -0.2) is 0 Å². The van der Waals surface area contributed by atoms with Gasteiger partial charge >= 0.3 is 0 Å². The molecule has 0 aliphatic heterocycles. The van der Waals surface area contributed by atoms with Gasteiger partial charge < -0.3 is 10.3 Å². The monoisotopic (exact) mass is 276 g/mol. The third-order valence-corrected chi connectivity index (χ3v) is 3.82. The van der Waals surface area contributed by atoms with Gasteiger partial charge in [0, 0.05) is 23.3 Å². The summed E-state index contributed by atoms with van der Waals surface area (Å²) in [4.78, 5) is 27.6. The van der Waals surface area contributed by atoms with Crippen LogP contribution in [0.3, 0.4) is 0 Å². The van der Waals surface area contributed by atoms with Crippen molar-refractivity contribution in [1.82, 2.24) is 10.3 Å². The number of aromatic nitrogens is 1. The van der Waals surface area contributed by atoms with Gasteiger partial charge in [-0.1, -0.05) is 19.4 Å². The molecular weight excluding hydrogens is 260 g/mol. The molecule has 0 fully saturated rings. The third-order valence-electron chi connectivity index (χ3n) is 2.84. The molecule has 0 spiro atoms. The lowest BCUT2D eigenvalue weighted by molar-refractivity contribution is 0.0934. The summed E-state index contributed by atoms with van der Waals surface area (Å²) in [6.07, 6.45) is 4.78. The zero-order valence-corrected chi connectivity index (χ0v) is 11.5. The van der Waals surface area contributed by atoms with E-state index in [1.54, 1.807) is 11.3 Å². The molecular formula is C14H16N2O2S. The van der Waals surface area contributed by atoms with Crippen molar-refractivity contribution in [3.63, 3.8) is 0 Å². The van der Waals surface area contributed by atoms with E-state index in [-0.39, 0.29) is 22.9 Å². The summed E-state index contributed by atoms with van der Waals surface area (Å²) in [6.45, 7) is 2.07. The summed E-state index contributed by atoms with van der Waals surface area (Å²) in [5.74, 6) is -0.325. The van der Waals surface area contributed by atoms with Gasteiger partial charge in [-0.15, -0.1) is 11.3 Å². The van der Waals surface area contributed by atoms with Gasteiger partial charge in [0.1, 0.15) is 5.56 Å². The van der Waals surface area contributed by atoms with Gasteiger partial charge in [-0.05, 0) is 17.9 Å². The standard InChI is InChI=1S/C14H16N2O2S/c1-2-4-11(13-5-3-8-19-13)16-14(18)10-9-15-7-6-12(10)17/h3,5-9,11H,2,4H2,1H3,(H,15,17)(H,16,18). The van der Waals surface area contributed by atoms with E-state index in [1.165, 1.54) is 18.5 Å². The lowest BCUT2D eigenvalue weighted by atomic mass is 10.1. The molecule has 2 N–H and O–H groups in total. The van der Waals surface area contributed by atoms with Crippen molar-refractivity contribution in [3.05, 3.63) is 56.6 Å². The van der Waals surface area contributed by atoms with Crippen LogP contribution in [0.4, 0.5) is 0 Å². The van der Waals surface area contributed by atoms with Crippen LogP contribution in [0.15, 0.2) is 40.8 Å². The van der Waals surface area contributed by atoms with Crippen LogP contribution in [-0.2, 0) is 0 Å². The molecule has 2 heterocycles. The summed E-state index contributed by atoms with van der Waals surface area (Å²) in [5, 5.41) is 4.91. The second-order valence-electron chi connectivity index (χ2n) is 4.25. The van der Waals surface area contributed by atoms with Crippen LogP contribution in [0.1, 0.15) is 41.0 Å². The maximum atomic E-state index is 12.1. The molecule has 4 nitrogen and oxygen atoms in total. The first-order valence-corrected chi connectivity index (χ1v) is 7.11. The van der Waals surface area contributed by atoms with E-state index in [9.17, 15) is 9.59 Å². The summed E-state index contributed by atoms with van der Waals surface area (Å²) >= 11 is 1.61. The van der Waals surface area contributed by atoms with Crippen molar-refractivity contribution in [2.24, 2.45) is 0 Å². The number of hydrogen-bond acceptors (Lipinski definition) is 3. The molecule has 0 saturated carbocycles. The Labute approximate surface area is 115 Å². The molecule has 2 aromatic heterocycles. The van der Waals surface area contributed by atoms with Crippen molar-refractivity contribution in [1.29, 1.82) is 0 Å². The van der Waals surface area contributed by atoms with Gasteiger partial charge in [-0.2, -0.15) is 0 Å². The molecule has 1 atom stereocenters. The smallest absolute Gasteiger partial charge is 0.257 e. The number of amides is 1. The Morgan fingerprint density at radius 2 is 2.32 bits per heavy atom. The minimum atomic E-state index is -0.325. The van der Waals surface area contributed by atoms with Gasteiger partial charge in [0.25, 0.3) is 5.91 Å². The molecule has 2 rings (SSSR count). The fourth-order valence-corrected chi connectivity index (χ4v) is 2.71. The average molecular weight is 276 g/mol. The zero-order valence-electron chi connectivity index (χ0n) is 10.7. The molecule has 2 aromatic rings. The number of rotatable bonds is 5. The Morgan fingerprint density at radius 3 is 2.95 bits per heavy atom. The lowest BCUT2D eigenvalue weighted by Gasteiger charge is -2.16. The zero-order chi connectivity index (χ0) is 13.7. The van der Waals surface area contributed by atoms with Crippen LogP contribution in [0, 0.1) is 0 Å². The van der Waals surface area contributed by atoms with Crippen molar-refractivity contribution >= 4 is 17.2 Å². The lowest BCUT2D eigenvalue weighted by Crippen LogP contribution is -2.31. The molecule has 1 unspecified atom stereocenters. The first-order valence-electron chi connectivity index (χ1n) is 6.23. The van der Waals surface area contributed by atoms with Gasteiger partial charge in [0.05, 0.1) is 6.04 Å². The molecule has 19 heavy (non-hydrogen) atoms. The normalized spacial score (nSPS) is 12.1. The Bertz CT molecular complexity index is 589. The van der Waals surface area contributed by atoms with E-state index in [0.29, 0.717) is 0 Å². The Hall–Kier alpha value is -1.88. The average Bonchev–Trinajstić information content (AvgIpc) is 2.92. The number of thiophene rings is 1. The molecule has 0 aliphatic rings. The van der Waals surface area contributed by atoms with E-state index in [0.717, 1.165) is 17.7 Å². The molecule has 0 bridgehead atoms. The first kappa shape index (κ1) is 13.5. The number of carbonyl (C=O) groups excluding carboxylic acids is 1. The molecule has 1 amide bonds. The summed E-state index contributed by atoms with van der Waals surface area (Å²) < 4.78 is 0. The Kier molecular flexibility index (Phi) is 4.52. The minimum Gasteiger partial charge on any atom is -0.367 e. The Balaban J connectivity index is 2.16. The topological polar surface area (TPSA) is 62.0 Å². The maximum Gasteiger partial charge on any atom is 0.257 e. The van der Waals surface area contributed by atoms with Crippen LogP contribution in [0.25, 0.3) is 0 Å². The highest BCUT2D eigenvalue weighted by Crippen LogP contribution is 2.23. The minimum absolute atomic E-state index is 0.0305. The molecule has 0 aliphatic carbocycles. The molecule has 5 heteroatoms. The van der Waals surface area contributed by atoms with E-state index in [4.69, 9.17) is 0 Å². The molecule has 0 aromatic carbocycles. The number of carbonyl (C=O) groups is 1. The highest BCUT2D eigenvalue weighted by molar-refractivity contribution is 7.10. The fraction of sp³-hybridized carbons (Fsp3) is 0.286.